The Morgan fingerprint density at radius 2 is 1.74 bits per heavy atom. The quantitative estimate of drug-likeness (QED) is 0.849. The van der Waals surface area contributed by atoms with Gasteiger partial charge in [-0.15, -0.1) is 0 Å². The Balaban J connectivity index is 2.04. The fourth-order valence-corrected chi connectivity index (χ4v) is 1.67. The minimum atomic E-state index is -0.169. The molecule has 0 aliphatic rings. The smallest absolute Gasteiger partial charge is 0.248 e. The summed E-state index contributed by atoms with van der Waals surface area (Å²) in [6, 6.07) is 16.9. The van der Waals surface area contributed by atoms with Crippen LogP contribution in [-0.2, 0) is 4.79 Å². The summed E-state index contributed by atoms with van der Waals surface area (Å²) >= 11 is 0. The Labute approximate surface area is 112 Å². The van der Waals surface area contributed by atoms with Crippen molar-refractivity contribution in [2.24, 2.45) is 0 Å². The van der Waals surface area contributed by atoms with Crippen molar-refractivity contribution < 1.29 is 9.53 Å². The van der Waals surface area contributed by atoms with E-state index in [1.165, 1.54) is 6.08 Å². The van der Waals surface area contributed by atoms with Gasteiger partial charge in [-0.2, -0.15) is 0 Å². The molecule has 0 spiro atoms. The van der Waals surface area contributed by atoms with E-state index in [0.717, 1.165) is 17.0 Å². The van der Waals surface area contributed by atoms with Crippen LogP contribution in [0.3, 0.4) is 0 Å². The Morgan fingerprint density at radius 1 is 1.05 bits per heavy atom. The molecule has 0 unspecified atom stereocenters. The summed E-state index contributed by atoms with van der Waals surface area (Å²) in [6.45, 7) is 0. The Kier molecular flexibility index (Phi) is 4.34. The van der Waals surface area contributed by atoms with E-state index < -0.39 is 0 Å². The maximum absolute atomic E-state index is 11.7. The van der Waals surface area contributed by atoms with Crippen molar-refractivity contribution in [2.45, 2.75) is 0 Å². The summed E-state index contributed by atoms with van der Waals surface area (Å²) in [6.07, 6.45) is 3.22. The van der Waals surface area contributed by atoms with Gasteiger partial charge >= 0.3 is 0 Å². The van der Waals surface area contributed by atoms with Gasteiger partial charge in [0.25, 0.3) is 0 Å². The number of rotatable bonds is 4. The number of amides is 1. The van der Waals surface area contributed by atoms with Crippen molar-refractivity contribution in [3.8, 4) is 5.75 Å². The molecular formula is C16H15NO2. The van der Waals surface area contributed by atoms with Gasteiger partial charge in [-0.1, -0.05) is 36.4 Å². The molecule has 2 aromatic carbocycles. The van der Waals surface area contributed by atoms with E-state index in [1.54, 1.807) is 13.2 Å². The van der Waals surface area contributed by atoms with E-state index in [2.05, 4.69) is 5.32 Å². The summed E-state index contributed by atoms with van der Waals surface area (Å²) in [5.41, 5.74) is 1.64. The van der Waals surface area contributed by atoms with Gasteiger partial charge in [0.2, 0.25) is 5.91 Å². The van der Waals surface area contributed by atoms with Crippen LogP contribution in [0.2, 0.25) is 0 Å². The number of hydrogen-bond acceptors (Lipinski definition) is 2. The summed E-state index contributed by atoms with van der Waals surface area (Å²) in [5, 5.41) is 2.78. The molecule has 19 heavy (non-hydrogen) atoms. The fourth-order valence-electron chi connectivity index (χ4n) is 1.67. The molecule has 0 fully saturated rings. The van der Waals surface area contributed by atoms with E-state index in [-0.39, 0.29) is 5.91 Å². The zero-order valence-corrected chi connectivity index (χ0v) is 10.7. The number of hydrogen-bond donors (Lipinski definition) is 1. The first-order valence-electron chi connectivity index (χ1n) is 5.97. The van der Waals surface area contributed by atoms with Gasteiger partial charge in [-0.3, -0.25) is 4.79 Å². The summed E-state index contributed by atoms with van der Waals surface area (Å²) < 4.78 is 5.21. The second kappa shape index (κ2) is 6.40. The molecule has 0 radical (unpaired) electrons. The van der Waals surface area contributed by atoms with Crippen molar-refractivity contribution in [2.75, 3.05) is 12.4 Å². The molecule has 0 atom stereocenters. The van der Waals surface area contributed by atoms with Crippen LogP contribution >= 0.6 is 0 Å². The van der Waals surface area contributed by atoms with Crippen LogP contribution in [0.5, 0.6) is 5.75 Å². The van der Waals surface area contributed by atoms with Crippen molar-refractivity contribution in [3.05, 3.63) is 66.2 Å². The molecule has 0 aliphatic heterocycles. The average molecular weight is 253 g/mol. The summed E-state index contributed by atoms with van der Waals surface area (Å²) in [5.74, 6) is 0.573. The minimum absolute atomic E-state index is 0.169. The number of methoxy groups -OCH3 is 1. The lowest BCUT2D eigenvalue weighted by Gasteiger charge is -2.04. The molecule has 96 valence electrons. The molecule has 0 aliphatic carbocycles. The van der Waals surface area contributed by atoms with Crippen LogP contribution in [0.25, 0.3) is 6.08 Å². The monoisotopic (exact) mass is 253 g/mol. The first kappa shape index (κ1) is 12.9. The third-order valence-corrected chi connectivity index (χ3v) is 2.59. The van der Waals surface area contributed by atoms with Gasteiger partial charge in [0.1, 0.15) is 5.75 Å². The second-order valence-electron chi connectivity index (χ2n) is 3.93. The number of carbonyl (C=O) groups is 1. The van der Waals surface area contributed by atoms with Crippen molar-refractivity contribution in [3.63, 3.8) is 0 Å². The number of benzene rings is 2. The van der Waals surface area contributed by atoms with Crippen LogP contribution in [0, 0.1) is 0 Å². The maximum atomic E-state index is 11.7. The van der Waals surface area contributed by atoms with Gasteiger partial charge in [-0.25, -0.2) is 0 Å². The third-order valence-electron chi connectivity index (χ3n) is 2.59. The Hall–Kier alpha value is -2.55. The van der Waals surface area contributed by atoms with Gasteiger partial charge < -0.3 is 10.1 Å². The van der Waals surface area contributed by atoms with E-state index >= 15 is 0 Å². The van der Waals surface area contributed by atoms with Crippen LogP contribution < -0.4 is 10.1 Å². The van der Waals surface area contributed by atoms with Gasteiger partial charge in [0, 0.05) is 17.3 Å². The largest absolute Gasteiger partial charge is 0.496 e. The zero-order chi connectivity index (χ0) is 13.5. The first-order valence-corrected chi connectivity index (χ1v) is 5.97. The lowest BCUT2D eigenvalue weighted by Crippen LogP contribution is -2.07. The molecule has 1 amide bonds. The summed E-state index contributed by atoms with van der Waals surface area (Å²) in [7, 11) is 1.61. The highest BCUT2D eigenvalue weighted by atomic mass is 16.5. The van der Waals surface area contributed by atoms with E-state index in [4.69, 9.17) is 4.74 Å². The molecule has 0 aromatic heterocycles. The third kappa shape index (κ3) is 3.71. The molecule has 0 bridgehead atoms. The maximum Gasteiger partial charge on any atom is 0.248 e. The SMILES string of the molecule is COc1ccccc1/C=C\C(=O)Nc1ccccc1. The highest BCUT2D eigenvalue weighted by Crippen LogP contribution is 2.18. The highest BCUT2D eigenvalue weighted by molar-refractivity contribution is 6.02. The van der Waals surface area contributed by atoms with E-state index in [1.807, 2.05) is 54.6 Å². The number of nitrogens with one attached hydrogen (secondary N) is 1. The van der Waals surface area contributed by atoms with Crippen molar-refractivity contribution in [1.29, 1.82) is 0 Å². The normalized spacial score (nSPS) is 10.4. The molecule has 0 saturated carbocycles. The van der Waals surface area contributed by atoms with Crippen LogP contribution in [0.15, 0.2) is 60.7 Å². The van der Waals surface area contributed by atoms with E-state index in [9.17, 15) is 4.79 Å². The fraction of sp³-hybridized carbons (Fsp3) is 0.0625. The second-order valence-corrected chi connectivity index (χ2v) is 3.93. The van der Waals surface area contributed by atoms with E-state index in [0.29, 0.717) is 0 Å². The van der Waals surface area contributed by atoms with Crippen molar-refractivity contribution >= 4 is 17.7 Å². The predicted octanol–water partition coefficient (Wildman–Crippen LogP) is 3.35. The van der Waals surface area contributed by atoms with Gasteiger partial charge in [-0.05, 0) is 24.3 Å². The molecular weight excluding hydrogens is 238 g/mol. The van der Waals surface area contributed by atoms with Gasteiger partial charge in [0.15, 0.2) is 0 Å². The summed E-state index contributed by atoms with van der Waals surface area (Å²) in [4.78, 5) is 11.7. The van der Waals surface area contributed by atoms with Crippen molar-refractivity contribution in [1.82, 2.24) is 0 Å². The molecule has 3 nitrogen and oxygen atoms in total. The number of ether oxygens (including phenoxy) is 1. The highest BCUT2D eigenvalue weighted by Gasteiger charge is 1.99. The predicted molar refractivity (Wildman–Crippen MR) is 77.1 cm³/mol. The molecule has 0 saturated heterocycles. The molecule has 3 heteroatoms. The molecule has 2 aromatic rings. The van der Waals surface area contributed by atoms with Crippen LogP contribution in [0.4, 0.5) is 5.69 Å². The van der Waals surface area contributed by atoms with Crippen LogP contribution in [-0.4, -0.2) is 13.0 Å². The lowest BCUT2D eigenvalue weighted by molar-refractivity contribution is -0.111. The van der Waals surface area contributed by atoms with Gasteiger partial charge in [0.05, 0.1) is 7.11 Å². The molecule has 0 heterocycles. The first-order chi connectivity index (χ1) is 9.29. The number of anilines is 1. The zero-order valence-electron chi connectivity index (χ0n) is 10.7. The molecule has 1 N–H and O–H groups in total. The lowest BCUT2D eigenvalue weighted by atomic mass is 10.2. The number of para-hydroxylation sites is 2. The topological polar surface area (TPSA) is 38.3 Å². The minimum Gasteiger partial charge on any atom is -0.496 e. The Morgan fingerprint density at radius 3 is 2.47 bits per heavy atom. The standard InChI is InChI=1S/C16H15NO2/c1-19-15-10-6-5-7-13(15)11-12-16(18)17-14-8-3-2-4-9-14/h2-12H,1H3,(H,17,18)/b12-11-. The number of carbonyl (C=O) groups excluding carboxylic acids is 1. The Bertz CT molecular complexity index is 576. The average Bonchev–Trinajstić information content (AvgIpc) is 2.46. The van der Waals surface area contributed by atoms with Crippen LogP contribution in [0.1, 0.15) is 5.56 Å². The molecule has 2 rings (SSSR count).